The van der Waals surface area contributed by atoms with Crippen LogP contribution in [0.5, 0.6) is 0 Å². The highest BCUT2D eigenvalue weighted by atomic mass is 35.5. The number of benzene rings is 3. The fourth-order valence-corrected chi connectivity index (χ4v) is 7.01. The number of para-hydroxylation sites is 1. The average molecular weight is 478 g/mol. The van der Waals surface area contributed by atoms with E-state index in [1.807, 2.05) is 24.3 Å². The molecule has 3 aromatic carbocycles. The molecule has 4 aromatic rings. The highest BCUT2D eigenvalue weighted by Gasteiger charge is 2.43. The molecule has 1 aliphatic carbocycles. The molecule has 2 aliphatic rings. The maximum atomic E-state index is 14.0. The molecule has 1 saturated carbocycles. The first-order valence-corrected chi connectivity index (χ1v) is 12.6. The van der Waals surface area contributed by atoms with Gasteiger partial charge in [-0.25, -0.2) is 18.4 Å². The van der Waals surface area contributed by atoms with Crippen LogP contribution in [0.25, 0.3) is 22.3 Å². The molecule has 8 heteroatoms. The second kappa shape index (κ2) is 7.25. The summed E-state index contributed by atoms with van der Waals surface area (Å²) in [4.78, 5) is 9.55. The molecule has 2 atom stereocenters. The number of hydrogen-bond acceptors (Lipinski definition) is 6. The van der Waals surface area contributed by atoms with Crippen molar-refractivity contribution in [3.63, 3.8) is 0 Å². The Hall–Kier alpha value is -3.00. The highest BCUT2D eigenvalue weighted by Crippen LogP contribution is 2.45. The minimum Gasteiger partial charge on any atom is -0.385 e. The van der Waals surface area contributed by atoms with Gasteiger partial charge in [-0.05, 0) is 49.2 Å². The Morgan fingerprint density at radius 3 is 2.67 bits per heavy atom. The van der Waals surface area contributed by atoms with Gasteiger partial charge in [0.05, 0.1) is 20.9 Å². The van der Waals surface area contributed by atoms with Crippen LogP contribution in [0.3, 0.4) is 0 Å². The van der Waals surface area contributed by atoms with Crippen LogP contribution in [0.2, 0.25) is 5.02 Å². The molecule has 166 valence electrons. The minimum atomic E-state index is -4.04. The second-order valence-corrected chi connectivity index (χ2v) is 11.0. The molecule has 4 bridgehead atoms. The minimum absolute atomic E-state index is 0.0161. The second-order valence-electron chi connectivity index (χ2n) is 8.67. The Morgan fingerprint density at radius 2 is 1.79 bits per heavy atom. The number of nitrogens with zero attached hydrogens (tertiary/aromatic N) is 2. The number of rotatable bonds is 0. The quantitative estimate of drug-likeness (QED) is 0.372. The number of fused-ring (bicyclic) bond motifs is 10. The van der Waals surface area contributed by atoms with Crippen molar-refractivity contribution in [3.05, 3.63) is 77.3 Å². The van der Waals surface area contributed by atoms with Crippen molar-refractivity contribution < 1.29 is 13.5 Å². The van der Waals surface area contributed by atoms with Crippen molar-refractivity contribution >= 4 is 38.2 Å². The van der Waals surface area contributed by atoms with Crippen LogP contribution in [0.4, 0.5) is 5.82 Å². The van der Waals surface area contributed by atoms with E-state index in [0.29, 0.717) is 52.6 Å². The summed E-state index contributed by atoms with van der Waals surface area (Å²) in [5.41, 5.74) is 0.206. The van der Waals surface area contributed by atoms with E-state index in [0.717, 1.165) is 5.39 Å². The van der Waals surface area contributed by atoms with E-state index in [-0.39, 0.29) is 15.8 Å². The molecular formula is C25H20ClN3O3S. The molecule has 6 nitrogen and oxygen atoms in total. The number of sulfone groups is 1. The van der Waals surface area contributed by atoms with E-state index in [2.05, 4.69) is 5.32 Å². The summed E-state index contributed by atoms with van der Waals surface area (Å²) in [5, 5.41) is 16.3. The summed E-state index contributed by atoms with van der Waals surface area (Å²) in [7, 11) is -4.04. The first kappa shape index (κ1) is 20.6. The van der Waals surface area contributed by atoms with Gasteiger partial charge < -0.3 is 10.4 Å². The van der Waals surface area contributed by atoms with Crippen LogP contribution in [0.1, 0.15) is 24.8 Å². The third-order valence-electron chi connectivity index (χ3n) is 6.59. The average Bonchev–Trinajstić information content (AvgIpc) is 3.20. The smallest absolute Gasteiger partial charge is 0.207 e. The van der Waals surface area contributed by atoms with E-state index < -0.39 is 15.4 Å². The number of halogens is 1. The van der Waals surface area contributed by atoms with Crippen molar-refractivity contribution in [2.45, 2.75) is 40.7 Å². The number of anilines is 1. The first-order chi connectivity index (χ1) is 15.8. The van der Waals surface area contributed by atoms with Crippen molar-refractivity contribution in [1.29, 1.82) is 0 Å². The van der Waals surface area contributed by atoms with Crippen LogP contribution in [-0.4, -0.2) is 29.5 Å². The van der Waals surface area contributed by atoms with E-state index >= 15 is 0 Å². The molecule has 2 heterocycles. The van der Waals surface area contributed by atoms with Gasteiger partial charge in [-0.2, -0.15) is 0 Å². The fraction of sp³-hybridized carbons (Fsp3) is 0.200. The Bertz CT molecular complexity index is 1540. The summed E-state index contributed by atoms with van der Waals surface area (Å²) in [6.45, 7) is 0. The van der Waals surface area contributed by atoms with Gasteiger partial charge in [-0.1, -0.05) is 41.9 Å². The molecule has 2 N–H and O–H groups in total. The summed E-state index contributed by atoms with van der Waals surface area (Å²) >= 11 is 6.26. The molecular weight excluding hydrogens is 458 g/mol. The normalized spacial score (nSPS) is 23.0. The maximum Gasteiger partial charge on any atom is 0.207 e. The SMILES string of the molecule is O=S1(=O)c2cc(Cl)ccc2-c2nc(c3ccccc3n2)NC2CCC(O)(C2)c2ccccc21. The standard InChI is InChI=1S/C25H20ClN3O3S/c26-15-9-10-18-22(13-15)33(31,32)21-8-4-2-6-19(21)25(30)12-11-16(14-25)27-23-17-5-1-3-7-20(17)28-24(18)29-23/h1-10,13,16,30H,11-12,14H2,(H,27,28,29). The molecule has 33 heavy (non-hydrogen) atoms. The highest BCUT2D eigenvalue weighted by molar-refractivity contribution is 7.91. The van der Waals surface area contributed by atoms with Crippen LogP contribution in [0.15, 0.2) is 76.5 Å². The lowest BCUT2D eigenvalue weighted by Gasteiger charge is -2.27. The Balaban J connectivity index is 1.73. The van der Waals surface area contributed by atoms with Gasteiger partial charge in [0.1, 0.15) is 5.82 Å². The van der Waals surface area contributed by atoms with Gasteiger partial charge in [0.25, 0.3) is 0 Å². The van der Waals surface area contributed by atoms with Gasteiger partial charge in [0.2, 0.25) is 9.84 Å². The zero-order valence-corrected chi connectivity index (χ0v) is 19.1. The fourth-order valence-electron chi connectivity index (χ4n) is 5.00. The van der Waals surface area contributed by atoms with E-state index in [1.54, 1.807) is 36.4 Å². The Kier molecular flexibility index (Phi) is 4.52. The predicted octanol–water partition coefficient (Wildman–Crippen LogP) is 4.95. The lowest BCUT2D eigenvalue weighted by Crippen LogP contribution is -2.28. The molecule has 0 saturated heterocycles. The van der Waals surface area contributed by atoms with Crippen molar-refractivity contribution in [1.82, 2.24) is 9.97 Å². The number of aliphatic hydroxyl groups is 1. The zero-order chi connectivity index (χ0) is 22.8. The molecule has 1 aromatic heterocycles. The Morgan fingerprint density at radius 1 is 1.00 bits per heavy atom. The number of nitrogens with one attached hydrogen (secondary N) is 1. The molecule has 1 fully saturated rings. The Labute approximate surface area is 196 Å². The lowest BCUT2D eigenvalue weighted by atomic mass is 9.92. The van der Waals surface area contributed by atoms with Crippen molar-refractivity contribution in [3.8, 4) is 11.4 Å². The lowest BCUT2D eigenvalue weighted by molar-refractivity contribution is 0.0407. The van der Waals surface area contributed by atoms with E-state index in [1.165, 1.54) is 6.07 Å². The number of hydrogen-bond donors (Lipinski definition) is 2. The molecule has 1 aliphatic heterocycles. The van der Waals surface area contributed by atoms with E-state index in [4.69, 9.17) is 21.6 Å². The summed E-state index contributed by atoms with van der Waals surface area (Å²) in [6.07, 6.45) is 1.49. The van der Waals surface area contributed by atoms with Crippen LogP contribution in [0, 0.1) is 0 Å². The topological polar surface area (TPSA) is 92.2 Å². The molecule has 0 radical (unpaired) electrons. The van der Waals surface area contributed by atoms with E-state index in [9.17, 15) is 13.5 Å². The third-order valence-corrected chi connectivity index (χ3v) is 8.67. The van der Waals surface area contributed by atoms with Gasteiger partial charge in [0.15, 0.2) is 5.82 Å². The predicted molar refractivity (Wildman–Crippen MR) is 127 cm³/mol. The van der Waals surface area contributed by atoms with Crippen LogP contribution < -0.4 is 5.32 Å². The molecule has 0 amide bonds. The summed E-state index contributed by atoms with van der Waals surface area (Å²) < 4.78 is 28.0. The summed E-state index contributed by atoms with van der Waals surface area (Å²) in [6, 6.07) is 18.9. The first-order valence-electron chi connectivity index (χ1n) is 10.8. The summed E-state index contributed by atoms with van der Waals surface area (Å²) in [5.74, 6) is 0.926. The van der Waals surface area contributed by atoms with Crippen LogP contribution in [-0.2, 0) is 15.4 Å². The number of aromatic nitrogens is 2. The van der Waals surface area contributed by atoms with Crippen molar-refractivity contribution in [2.75, 3.05) is 5.32 Å². The zero-order valence-electron chi connectivity index (χ0n) is 17.5. The molecule has 0 spiro atoms. The van der Waals surface area contributed by atoms with Gasteiger partial charge in [-0.3, -0.25) is 0 Å². The van der Waals surface area contributed by atoms with Crippen molar-refractivity contribution in [2.24, 2.45) is 0 Å². The van der Waals surface area contributed by atoms with Gasteiger partial charge in [-0.15, -0.1) is 0 Å². The monoisotopic (exact) mass is 477 g/mol. The molecule has 2 unspecified atom stereocenters. The van der Waals surface area contributed by atoms with Gasteiger partial charge >= 0.3 is 0 Å². The van der Waals surface area contributed by atoms with Gasteiger partial charge in [0, 0.05) is 34.0 Å². The third kappa shape index (κ3) is 3.22. The largest absolute Gasteiger partial charge is 0.385 e. The molecule has 6 rings (SSSR count). The van der Waals surface area contributed by atoms with Crippen LogP contribution >= 0.6 is 11.6 Å². The maximum absolute atomic E-state index is 14.0.